The lowest BCUT2D eigenvalue weighted by Gasteiger charge is -2.00. The highest BCUT2D eigenvalue weighted by Gasteiger charge is 1.84. The third kappa shape index (κ3) is 9.48. The minimum atomic E-state index is 0.811. The van der Waals surface area contributed by atoms with Crippen molar-refractivity contribution in [1.29, 1.82) is 0 Å². The zero-order valence-corrected chi connectivity index (χ0v) is 8.27. The van der Waals surface area contributed by atoms with Crippen LogP contribution in [-0.2, 0) is 0 Å². The smallest absolute Gasteiger partial charge is 0.0596 e. The molecule has 0 unspecified atom stereocenters. The van der Waals surface area contributed by atoms with E-state index in [-0.39, 0.29) is 0 Å². The average molecular weight is 168 g/mol. The Morgan fingerprint density at radius 3 is 2.42 bits per heavy atom. The second-order valence-electron chi connectivity index (χ2n) is 3.19. The summed E-state index contributed by atoms with van der Waals surface area (Å²) in [5.41, 5.74) is 5.37. The highest BCUT2D eigenvalue weighted by atomic mass is 15.0. The van der Waals surface area contributed by atoms with Crippen LogP contribution in [0.4, 0.5) is 0 Å². The standard InChI is InChI=1S/C10H20N2/c1-12(2)10-8-6-4-3-5-7-9-11/h3-5,7,9-11H2,1-2H3. The molecule has 0 saturated heterocycles. The van der Waals surface area contributed by atoms with E-state index < -0.39 is 0 Å². The van der Waals surface area contributed by atoms with Gasteiger partial charge in [-0.1, -0.05) is 12.3 Å². The second-order valence-corrected chi connectivity index (χ2v) is 3.19. The summed E-state index contributed by atoms with van der Waals surface area (Å²) in [4.78, 5) is 2.08. The molecule has 0 heterocycles. The van der Waals surface area contributed by atoms with Crippen LogP contribution in [0.15, 0.2) is 0 Å². The van der Waals surface area contributed by atoms with Gasteiger partial charge < -0.3 is 5.73 Å². The summed E-state index contributed by atoms with van der Waals surface area (Å²) in [6.07, 6.45) is 4.56. The Balaban J connectivity index is 3.10. The summed E-state index contributed by atoms with van der Waals surface area (Å²) >= 11 is 0. The van der Waals surface area contributed by atoms with Crippen molar-refractivity contribution in [1.82, 2.24) is 4.90 Å². The number of hydrogen-bond acceptors (Lipinski definition) is 2. The number of unbranched alkanes of at least 4 members (excludes halogenated alkanes) is 3. The van der Waals surface area contributed by atoms with Crippen LogP contribution in [0.1, 0.15) is 25.7 Å². The van der Waals surface area contributed by atoms with E-state index in [1.54, 1.807) is 0 Å². The highest BCUT2D eigenvalue weighted by molar-refractivity contribution is 5.00. The molecule has 70 valence electrons. The van der Waals surface area contributed by atoms with Crippen LogP contribution in [0.2, 0.25) is 0 Å². The number of nitrogens with zero attached hydrogens (tertiary/aromatic N) is 1. The summed E-state index contributed by atoms with van der Waals surface area (Å²) in [7, 11) is 4.06. The molecule has 0 rings (SSSR count). The van der Waals surface area contributed by atoms with Crippen molar-refractivity contribution in [3.8, 4) is 11.8 Å². The quantitative estimate of drug-likeness (QED) is 0.491. The molecule has 0 amide bonds. The number of nitrogens with two attached hydrogens (primary N) is 1. The molecule has 0 bridgehead atoms. The fourth-order valence-corrected chi connectivity index (χ4v) is 0.837. The van der Waals surface area contributed by atoms with Gasteiger partial charge in [0, 0.05) is 6.42 Å². The predicted octanol–water partition coefficient (Wildman–Crippen LogP) is 1.07. The molecule has 0 radical (unpaired) electrons. The first kappa shape index (κ1) is 11.5. The van der Waals surface area contributed by atoms with Gasteiger partial charge in [0.2, 0.25) is 0 Å². The second kappa shape index (κ2) is 8.58. The lowest BCUT2D eigenvalue weighted by atomic mass is 10.2. The van der Waals surface area contributed by atoms with Crippen molar-refractivity contribution in [2.24, 2.45) is 5.73 Å². The van der Waals surface area contributed by atoms with E-state index in [2.05, 4.69) is 16.7 Å². The molecular formula is C10H20N2. The van der Waals surface area contributed by atoms with Crippen molar-refractivity contribution in [3.63, 3.8) is 0 Å². The molecule has 0 aliphatic rings. The molecule has 0 spiro atoms. The molecular weight excluding hydrogens is 148 g/mol. The van der Waals surface area contributed by atoms with Crippen LogP contribution in [0, 0.1) is 11.8 Å². The summed E-state index contributed by atoms with van der Waals surface area (Å²) in [5, 5.41) is 0. The maximum atomic E-state index is 5.37. The molecule has 0 aliphatic carbocycles. The maximum Gasteiger partial charge on any atom is 0.0596 e. The fraction of sp³-hybridized carbons (Fsp3) is 0.800. The minimum absolute atomic E-state index is 0.811. The van der Waals surface area contributed by atoms with E-state index >= 15 is 0 Å². The number of rotatable bonds is 5. The van der Waals surface area contributed by atoms with E-state index in [0.29, 0.717) is 0 Å². The molecule has 0 saturated carbocycles. The van der Waals surface area contributed by atoms with E-state index in [4.69, 9.17) is 5.73 Å². The van der Waals surface area contributed by atoms with Gasteiger partial charge in [-0.25, -0.2) is 0 Å². The summed E-state index contributed by atoms with van der Waals surface area (Å²) in [5.74, 6) is 6.25. The molecule has 0 fully saturated rings. The van der Waals surface area contributed by atoms with Crippen LogP contribution in [-0.4, -0.2) is 32.1 Å². The van der Waals surface area contributed by atoms with Gasteiger partial charge in [0.15, 0.2) is 0 Å². The van der Waals surface area contributed by atoms with Gasteiger partial charge >= 0.3 is 0 Å². The van der Waals surface area contributed by atoms with Crippen LogP contribution in [0.5, 0.6) is 0 Å². The first-order chi connectivity index (χ1) is 5.77. The predicted molar refractivity (Wildman–Crippen MR) is 53.9 cm³/mol. The zero-order valence-electron chi connectivity index (χ0n) is 8.27. The molecule has 2 heteroatoms. The van der Waals surface area contributed by atoms with Crippen molar-refractivity contribution in [3.05, 3.63) is 0 Å². The lowest BCUT2D eigenvalue weighted by Crippen LogP contribution is -2.10. The zero-order chi connectivity index (χ0) is 9.23. The Morgan fingerprint density at radius 1 is 1.08 bits per heavy atom. The van der Waals surface area contributed by atoms with Crippen molar-refractivity contribution in [2.45, 2.75) is 25.7 Å². The summed E-state index contributed by atoms with van der Waals surface area (Å²) in [6, 6.07) is 0. The molecule has 0 aromatic rings. The van der Waals surface area contributed by atoms with E-state index in [1.165, 1.54) is 12.8 Å². The molecule has 0 aliphatic heterocycles. The van der Waals surface area contributed by atoms with E-state index in [0.717, 1.165) is 25.9 Å². The van der Waals surface area contributed by atoms with Crippen LogP contribution in [0.25, 0.3) is 0 Å². The van der Waals surface area contributed by atoms with Gasteiger partial charge in [0.1, 0.15) is 0 Å². The topological polar surface area (TPSA) is 29.3 Å². The highest BCUT2D eigenvalue weighted by Crippen LogP contribution is 1.96. The Bertz CT molecular complexity index is 142. The summed E-state index contributed by atoms with van der Waals surface area (Å²) in [6.45, 7) is 1.68. The van der Waals surface area contributed by atoms with Gasteiger partial charge in [0.05, 0.1) is 6.54 Å². The minimum Gasteiger partial charge on any atom is -0.330 e. The molecule has 0 aromatic heterocycles. The Labute approximate surface area is 76.1 Å². The molecule has 0 atom stereocenters. The third-order valence-corrected chi connectivity index (χ3v) is 1.53. The van der Waals surface area contributed by atoms with E-state index in [1.807, 2.05) is 14.1 Å². The largest absolute Gasteiger partial charge is 0.330 e. The maximum absolute atomic E-state index is 5.37. The van der Waals surface area contributed by atoms with Crippen molar-refractivity contribution >= 4 is 0 Å². The Kier molecular flexibility index (Phi) is 8.20. The normalized spacial score (nSPS) is 9.67. The lowest BCUT2D eigenvalue weighted by molar-refractivity contribution is 0.463. The van der Waals surface area contributed by atoms with Crippen LogP contribution < -0.4 is 5.73 Å². The molecule has 2 N–H and O–H groups in total. The first-order valence-corrected chi connectivity index (χ1v) is 4.58. The van der Waals surface area contributed by atoms with Gasteiger partial charge in [-0.2, -0.15) is 0 Å². The molecule has 2 nitrogen and oxygen atoms in total. The van der Waals surface area contributed by atoms with Gasteiger partial charge in [0.25, 0.3) is 0 Å². The van der Waals surface area contributed by atoms with Crippen LogP contribution in [0.3, 0.4) is 0 Å². The average Bonchev–Trinajstić information content (AvgIpc) is 2.02. The van der Waals surface area contributed by atoms with Gasteiger partial charge in [-0.05, 0) is 33.5 Å². The monoisotopic (exact) mass is 168 g/mol. The number of hydrogen-bond donors (Lipinski definition) is 1. The van der Waals surface area contributed by atoms with Gasteiger partial charge in [-0.3, -0.25) is 4.90 Å². The Hall–Kier alpha value is -0.520. The van der Waals surface area contributed by atoms with E-state index in [9.17, 15) is 0 Å². The van der Waals surface area contributed by atoms with Crippen molar-refractivity contribution < 1.29 is 0 Å². The first-order valence-electron chi connectivity index (χ1n) is 4.58. The molecule has 12 heavy (non-hydrogen) atoms. The molecule has 0 aromatic carbocycles. The summed E-state index contributed by atoms with van der Waals surface area (Å²) < 4.78 is 0. The Morgan fingerprint density at radius 2 is 1.83 bits per heavy atom. The third-order valence-electron chi connectivity index (χ3n) is 1.53. The van der Waals surface area contributed by atoms with Crippen LogP contribution >= 0.6 is 0 Å². The fourth-order valence-electron chi connectivity index (χ4n) is 0.837. The van der Waals surface area contributed by atoms with Crippen molar-refractivity contribution in [2.75, 3.05) is 27.2 Å². The SMILES string of the molecule is CN(C)CC#CCCCCCN. The van der Waals surface area contributed by atoms with Gasteiger partial charge in [-0.15, -0.1) is 5.92 Å².